The normalized spacial score (nSPS) is 22.7. The molecule has 6 aliphatic heterocycles. The van der Waals surface area contributed by atoms with Gasteiger partial charge in [0.15, 0.2) is 0 Å². The van der Waals surface area contributed by atoms with Crippen molar-refractivity contribution in [3.63, 3.8) is 0 Å². The first-order valence-electron chi connectivity index (χ1n) is 21.6. The molecule has 6 fully saturated rings. The third-order valence-electron chi connectivity index (χ3n) is 12.9. The van der Waals surface area contributed by atoms with E-state index in [4.69, 9.17) is 34.9 Å². The van der Waals surface area contributed by atoms with Crippen molar-refractivity contribution in [3.05, 3.63) is 6.33 Å². The molecule has 6 saturated heterocycles. The lowest BCUT2D eigenvalue weighted by Crippen LogP contribution is -2.50. The van der Waals surface area contributed by atoms with E-state index in [1.165, 1.54) is 12.8 Å². The summed E-state index contributed by atoms with van der Waals surface area (Å²) in [6.07, 6.45) is 4.00. The fourth-order valence-corrected chi connectivity index (χ4v) is 8.56. The average molecular weight is 799 g/mol. The van der Waals surface area contributed by atoms with Crippen molar-refractivity contribution >= 4 is 47.6 Å². The molecule has 3 aromatic rings. The molecule has 9 heterocycles. The minimum absolute atomic E-state index is 0.716. The van der Waals surface area contributed by atoms with Gasteiger partial charge in [-0.3, -0.25) is 0 Å². The summed E-state index contributed by atoms with van der Waals surface area (Å²) in [5, 5.41) is 0. The fraction of sp³-hybridized carbons (Fsp3) is 0.763. The summed E-state index contributed by atoms with van der Waals surface area (Å²) in [5.74, 6) is 6.92. The number of anilines is 8. The summed E-state index contributed by atoms with van der Waals surface area (Å²) in [4.78, 5) is 70.2. The number of hydrogen-bond donors (Lipinski definition) is 0. The van der Waals surface area contributed by atoms with E-state index in [0.29, 0.717) is 5.95 Å². The molecule has 0 N–H and O–H groups in total. The number of rotatable bonds is 8. The Balaban J connectivity index is 0.848. The summed E-state index contributed by atoms with van der Waals surface area (Å²) in [6, 6.07) is 0. The first-order chi connectivity index (χ1) is 28.3. The van der Waals surface area contributed by atoms with Crippen LogP contribution in [0.3, 0.4) is 0 Å². The molecule has 0 spiro atoms. The molecule has 314 valence electrons. The molecule has 0 aliphatic carbocycles. The van der Waals surface area contributed by atoms with E-state index in [2.05, 4.69) is 91.9 Å². The lowest BCUT2D eigenvalue weighted by atomic mass is 10.00. The number of nitrogens with zero attached hydrogens (tertiary/aromatic N) is 20. The van der Waals surface area contributed by atoms with Gasteiger partial charge < -0.3 is 53.9 Å². The van der Waals surface area contributed by atoms with Gasteiger partial charge >= 0.3 is 0 Å². The van der Waals surface area contributed by atoms with Crippen LogP contribution in [0.2, 0.25) is 0 Å². The lowest BCUT2D eigenvalue weighted by Gasteiger charge is -2.38. The predicted octanol–water partition coefficient (Wildman–Crippen LogP) is -0.613. The van der Waals surface area contributed by atoms with Gasteiger partial charge in [-0.25, -0.2) is 9.97 Å². The maximum Gasteiger partial charge on any atom is 0.232 e. The van der Waals surface area contributed by atoms with Crippen molar-refractivity contribution in [1.82, 2.24) is 59.6 Å². The van der Waals surface area contributed by atoms with Crippen LogP contribution in [0.1, 0.15) is 19.8 Å². The highest BCUT2D eigenvalue weighted by molar-refractivity contribution is 5.51. The number of aromatic nitrogens is 9. The van der Waals surface area contributed by atoms with Crippen LogP contribution in [0.5, 0.6) is 0 Å². The Hall–Kier alpha value is -4.69. The summed E-state index contributed by atoms with van der Waals surface area (Å²) in [6.45, 7) is 22.1. The maximum atomic E-state index is 5.08. The minimum atomic E-state index is 0.716. The molecule has 20 heteroatoms. The van der Waals surface area contributed by atoms with Crippen molar-refractivity contribution in [3.8, 4) is 0 Å². The Morgan fingerprint density at radius 1 is 0.310 bits per heavy atom. The van der Waals surface area contributed by atoms with E-state index >= 15 is 0 Å². The van der Waals surface area contributed by atoms with Gasteiger partial charge in [-0.15, -0.1) is 0 Å². The van der Waals surface area contributed by atoms with Crippen LogP contribution in [0.4, 0.5) is 47.6 Å². The summed E-state index contributed by atoms with van der Waals surface area (Å²) in [7, 11) is 6.53. The second-order valence-corrected chi connectivity index (χ2v) is 17.0. The van der Waals surface area contributed by atoms with E-state index in [1.54, 1.807) is 6.33 Å². The third kappa shape index (κ3) is 8.83. The van der Waals surface area contributed by atoms with Crippen molar-refractivity contribution in [2.75, 3.05) is 204 Å². The zero-order valence-electron chi connectivity index (χ0n) is 35.1. The predicted molar refractivity (Wildman–Crippen MR) is 228 cm³/mol. The van der Waals surface area contributed by atoms with Crippen molar-refractivity contribution < 1.29 is 0 Å². The molecular weight excluding hydrogens is 737 g/mol. The Morgan fingerprint density at radius 3 is 0.793 bits per heavy atom. The van der Waals surface area contributed by atoms with E-state index in [9.17, 15) is 0 Å². The van der Waals surface area contributed by atoms with Crippen LogP contribution in [0.25, 0.3) is 0 Å². The molecule has 20 nitrogen and oxygen atoms in total. The first kappa shape index (κ1) is 38.8. The molecule has 0 amide bonds. The van der Waals surface area contributed by atoms with Gasteiger partial charge in [0.2, 0.25) is 47.6 Å². The van der Waals surface area contributed by atoms with Gasteiger partial charge in [0, 0.05) is 144 Å². The molecule has 0 aromatic carbocycles. The second kappa shape index (κ2) is 17.3. The lowest BCUT2D eigenvalue weighted by molar-refractivity contribution is 0.308. The molecule has 0 bridgehead atoms. The number of piperidine rings is 1. The van der Waals surface area contributed by atoms with Crippen molar-refractivity contribution in [2.24, 2.45) is 5.92 Å². The molecule has 0 radical (unpaired) electrons. The Morgan fingerprint density at radius 2 is 0.517 bits per heavy atom. The molecular formula is C38H62N20. The molecule has 0 unspecified atom stereocenters. The fourth-order valence-electron chi connectivity index (χ4n) is 8.56. The van der Waals surface area contributed by atoms with E-state index in [0.717, 1.165) is 192 Å². The molecule has 0 saturated carbocycles. The van der Waals surface area contributed by atoms with E-state index in [1.807, 2.05) is 0 Å². The van der Waals surface area contributed by atoms with Gasteiger partial charge in [0.25, 0.3) is 0 Å². The maximum absolute atomic E-state index is 5.08. The number of hydrogen-bond acceptors (Lipinski definition) is 20. The highest BCUT2D eigenvalue weighted by atomic mass is 15.5. The van der Waals surface area contributed by atoms with Crippen molar-refractivity contribution in [2.45, 2.75) is 19.8 Å². The molecule has 3 aromatic heterocycles. The van der Waals surface area contributed by atoms with Gasteiger partial charge in [-0.2, -0.15) is 34.9 Å². The topological polar surface area (TPSA) is 152 Å². The second-order valence-electron chi connectivity index (χ2n) is 17.0. The molecule has 9 rings (SSSR count). The summed E-state index contributed by atoms with van der Waals surface area (Å²) in [5.41, 5.74) is 0. The van der Waals surface area contributed by atoms with E-state index in [-0.39, 0.29) is 0 Å². The van der Waals surface area contributed by atoms with Crippen LogP contribution in [0.15, 0.2) is 6.33 Å². The Bertz CT molecular complexity index is 1590. The van der Waals surface area contributed by atoms with Crippen LogP contribution >= 0.6 is 0 Å². The standard InChI is InChI=1S/C38H62N20/c1-30-5-7-51(8-6-30)33-42-34(54-15-9-48(2)10-16-54)45-37(43-33)57-25-21-52(22-26-57)31-39-29-40-32(41-31)53-23-27-58(28-24-53)38-46-35(55-17-11-49(3)12-18-55)44-36(47-38)56-19-13-50(4)14-20-56/h29-30H,5-28H2,1-4H3. The zero-order chi connectivity index (χ0) is 39.6. The van der Waals surface area contributed by atoms with Crippen LogP contribution in [-0.4, -0.2) is 225 Å². The molecule has 0 atom stereocenters. The molecule has 58 heavy (non-hydrogen) atoms. The summed E-state index contributed by atoms with van der Waals surface area (Å²) < 4.78 is 0. The van der Waals surface area contributed by atoms with Gasteiger partial charge in [0.05, 0.1) is 0 Å². The third-order valence-corrected chi connectivity index (χ3v) is 12.9. The first-order valence-corrected chi connectivity index (χ1v) is 21.6. The van der Waals surface area contributed by atoms with Crippen LogP contribution in [0, 0.1) is 5.92 Å². The zero-order valence-corrected chi connectivity index (χ0v) is 35.1. The number of piperazine rings is 5. The minimum Gasteiger partial charge on any atom is -0.341 e. The van der Waals surface area contributed by atoms with Crippen molar-refractivity contribution in [1.29, 1.82) is 0 Å². The summed E-state index contributed by atoms with van der Waals surface area (Å²) >= 11 is 0. The highest BCUT2D eigenvalue weighted by Gasteiger charge is 2.30. The number of likely N-dealkylation sites (N-methyl/N-ethyl adjacent to an activating group) is 3. The smallest absolute Gasteiger partial charge is 0.232 e. The Kier molecular flexibility index (Phi) is 11.6. The van der Waals surface area contributed by atoms with Crippen LogP contribution < -0.4 is 39.2 Å². The average Bonchev–Trinajstić information content (AvgIpc) is 3.27. The Labute approximate surface area is 342 Å². The highest BCUT2D eigenvalue weighted by Crippen LogP contribution is 2.27. The quantitative estimate of drug-likeness (QED) is 0.285. The van der Waals surface area contributed by atoms with Crippen LogP contribution in [-0.2, 0) is 0 Å². The SMILES string of the molecule is CC1CCN(c2nc(N3CCN(C)CC3)nc(N3CCN(c4ncnc(N5CCN(c6nc(N7CCN(C)CC7)nc(N7CCN(C)CC7)n6)CC5)n4)CC3)n2)CC1. The van der Waals surface area contributed by atoms with Gasteiger partial charge in [0.1, 0.15) is 6.33 Å². The largest absolute Gasteiger partial charge is 0.341 e. The monoisotopic (exact) mass is 799 g/mol. The van der Waals surface area contributed by atoms with E-state index < -0.39 is 0 Å². The van der Waals surface area contributed by atoms with Gasteiger partial charge in [-0.05, 0) is 39.9 Å². The molecule has 6 aliphatic rings. The van der Waals surface area contributed by atoms with Gasteiger partial charge in [-0.1, -0.05) is 6.92 Å².